The lowest BCUT2D eigenvalue weighted by atomic mass is 10.1. The van der Waals surface area contributed by atoms with Gasteiger partial charge in [0.25, 0.3) is 0 Å². The maximum Gasteiger partial charge on any atom is 0.233 e. The van der Waals surface area contributed by atoms with E-state index in [1.165, 1.54) is 18.0 Å². The Kier molecular flexibility index (Phi) is 5.78. The molecule has 3 rings (SSSR count). The van der Waals surface area contributed by atoms with Crippen molar-refractivity contribution in [3.63, 3.8) is 0 Å². The number of hydrogen-bond acceptors (Lipinski definition) is 6. The number of imidazole rings is 1. The maximum atomic E-state index is 12.8. The topological polar surface area (TPSA) is 96.0 Å². The van der Waals surface area contributed by atoms with Crippen LogP contribution in [0, 0.1) is 0 Å². The molecular formula is C16H21ClN4O3S2. The lowest BCUT2D eigenvalue weighted by molar-refractivity contribution is -0.132. The Morgan fingerprint density at radius 1 is 1.54 bits per heavy atom. The number of pyridine rings is 1. The zero-order chi connectivity index (χ0) is 18.9. The molecule has 3 heterocycles. The molecule has 26 heavy (non-hydrogen) atoms. The van der Waals surface area contributed by atoms with Gasteiger partial charge in [0.2, 0.25) is 5.91 Å². The predicted molar refractivity (Wildman–Crippen MR) is 103 cm³/mol. The van der Waals surface area contributed by atoms with Crippen molar-refractivity contribution in [3.8, 4) is 0 Å². The molecule has 1 aliphatic rings. The third-order valence-electron chi connectivity index (χ3n) is 4.57. The summed E-state index contributed by atoms with van der Waals surface area (Å²) in [5, 5.41) is 1.10. The number of thioether (sulfide) groups is 1. The highest BCUT2D eigenvalue weighted by atomic mass is 35.5. The normalized spacial score (nSPS) is 20.3. The second kappa shape index (κ2) is 7.74. The van der Waals surface area contributed by atoms with E-state index in [0.717, 1.165) is 6.42 Å². The minimum atomic E-state index is -3.04. The fourth-order valence-corrected chi connectivity index (χ4v) is 5.74. The van der Waals surface area contributed by atoms with Crippen LogP contribution in [0.1, 0.15) is 26.7 Å². The van der Waals surface area contributed by atoms with Crippen molar-refractivity contribution in [1.82, 2.24) is 19.9 Å². The van der Waals surface area contributed by atoms with E-state index in [-0.39, 0.29) is 35.2 Å². The SMILES string of the molecule is CC[C@H](C)N(C(=O)CSc1nc2ncc(Cl)cc2[nH]1)[C@@H]1CCS(=O)(=O)C1. The van der Waals surface area contributed by atoms with Gasteiger partial charge in [0.05, 0.1) is 27.8 Å². The maximum absolute atomic E-state index is 12.8. The third-order valence-corrected chi connectivity index (χ3v) is 7.39. The summed E-state index contributed by atoms with van der Waals surface area (Å²) in [5.74, 6) is 0.328. The molecule has 0 unspecified atom stereocenters. The molecule has 0 spiro atoms. The van der Waals surface area contributed by atoms with Crippen molar-refractivity contribution >= 4 is 50.3 Å². The van der Waals surface area contributed by atoms with Crippen molar-refractivity contribution in [3.05, 3.63) is 17.3 Å². The number of carbonyl (C=O) groups is 1. The smallest absolute Gasteiger partial charge is 0.233 e. The Bertz CT molecular complexity index is 915. The number of amides is 1. The zero-order valence-electron chi connectivity index (χ0n) is 14.6. The number of nitrogens with zero attached hydrogens (tertiary/aromatic N) is 3. The van der Waals surface area contributed by atoms with Gasteiger partial charge in [0.15, 0.2) is 20.6 Å². The summed E-state index contributed by atoms with van der Waals surface area (Å²) < 4.78 is 23.6. The fourth-order valence-electron chi connectivity index (χ4n) is 3.13. The highest BCUT2D eigenvalue weighted by Crippen LogP contribution is 2.25. The summed E-state index contributed by atoms with van der Waals surface area (Å²) in [6.45, 7) is 3.96. The van der Waals surface area contributed by atoms with Gasteiger partial charge >= 0.3 is 0 Å². The highest BCUT2D eigenvalue weighted by molar-refractivity contribution is 7.99. The lowest BCUT2D eigenvalue weighted by Crippen LogP contribution is -2.47. The molecule has 0 saturated carbocycles. The molecule has 2 aromatic heterocycles. The molecule has 0 aliphatic carbocycles. The molecule has 0 aromatic carbocycles. The first-order chi connectivity index (χ1) is 12.3. The van der Waals surface area contributed by atoms with Crippen LogP contribution in [-0.2, 0) is 14.6 Å². The number of aromatic amines is 1. The van der Waals surface area contributed by atoms with Crippen LogP contribution in [0.15, 0.2) is 17.4 Å². The molecule has 2 aromatic rings. The number of carbonyl (C=O) groups excluding carboxylic acids is 1. The van der Waals surface area contributed by atoms with Gasteiger partial charge in [0.1, 0.15) is 0 Å². The van der Waals surface area contributed by atoms with Crippen molar-refractivity contribution in [1.29, 1.82) is 0 Å². The lowest BCUT2D eigenvalue weighted by Gasteiger charge is -2.33. The second-order valence-corrected chi connectivity index (χ2v) is 10.1. The predicted octanol–water partition coefficient (Wildman–Crippen LogP) is 2.52. The molecular weight excluding hydrogens is 396 g/mol. The van der Waals surface area contributed by atoms with E-state index in [4.69, 9.17) is 11.6 Å². The fraction of sp³-hybridized carbons (Fsp3) is 0.562. The van der Waals surface area contributed by atoms with Crippen molar-refractivity contribution in [2.75, 3.05) is 17.3 Å². The van der Waals surface area contributed by atoms with Crippen LogP contribution in [0.25, 0.3) is 11.2 Å². The molecule has 2 atom stereocenters. The van der Waals surface area contributed by atoms with Crippen molar-refractivity contribution in [2.45, 2.75) is 43.9 Å². The Balaban J connectivity index is 1.70. The average molecular weight is 417 g/mol. The number of fused-ring (bicyclic) bond motifs is 1. The van der Waals surface area contributed by atoms with Gasteiger partial charge in [-0.05, 0) is 25.8 Å². The number of aromatic nitrogens is 3. The van der Waals surface area contributed by atoms with Crippen LogP contribution in [0.4, 0.5) is 0 Å². The monoisotopic (exact) mass is 416 g/mol. The molecule has 1 amide bonds. The Morgan fingerprint density at radius 2 is 2.31 bits per heavy atom. The summed E-state index contributed by atoms with van der Waals surface area (Å²) in [4.78, 5) is 26.1. The first kappa shape index (κ1) is 19.4. The van der Waals surface area contributed by atoms with E-state index in [1.807, 2.05) is 13.8 Å². The third kappa shape index (κ3) is 4.32. The first-order valence-electron chi connectivity index (χ1n) is 8.44. The number of halogens is 1. The molecule has 7 nitrogen and oxygen atoms in total. The summed E-state index contributed by atoms with van der Waals surface area (Å²) in [5.41, 5.74) is 1.26. The minimum absolute atomic E-state index is 0.00227. The van der Waals surface area contributed by atoms with Gasteiger partial charge < -0.3 is 9.88 Å². The summed E-state index contributed by atoms with van der Waals surface area (Å²) >= 11 is 7.20. The number of rotatable bonds is 6. The van der Waals surface area contributed by atoms with Crippen molar-refractivity contribution in [2.24, 2.45) is 0 Å². The van der Waals surface area contributed by atoms with Gasteiger partial charge in [-0.3, -0.25) is 4.79 Å². The average Bonchev–Trinajstić information content (AvgIpc) is 3.15. The molecule has 1 saturated heterocycles. The quantitative estimate of drug-likeness (QED) is 0.727. The summed E-state index contributed by atoms with van der Waals surface area (Å²) in [6.07, 6.45) is 2.81. The Hall–Kier alpha value is -1.32. The number of nitrogens with one attached hydrogen (secondary N) is 1. The molecule has 0 bridgehead atoms. The highest BCUT2D eigenvalue weighted by Gasteiger charge is 2.36. The molecule has 1 N–H and O–H groups in total. The standard InChI is InChI=1S/C16H21ClN4O3S2/c1-3-10(2)21(12-4-5-26(23,24)9-12)14(22)8-25-16-19-13-6-11(17)7-18-15(13)20-16/h6-7,10,12H,3-5,8-9H2,1-2H3,(H,18,19,20)/t10-,12+/m0/s1. The van der Waals surface area contributed by atoms with Crippen LogP contribution < -0.4 is 0 Å². The van der Waals surface area contributed by atoms with Crippen LogP contribution in [0.5, 0.6) is 0 Å². The molecule has 0 radical (unpaired) electrons. The van der Waals surface area contributed by atoms with Gasteiger partial charge in [-0.15, -0.1) is 0 Å². The van der Waals surface area contributed by atoms with Crippen LogP contribution in [-0.4, -0.2) is 63.5 Å². The minimum Gasteiger partial charge on any atom is -0.335 e. The number of hydrogen-bond donors (Lipinski definition) is 1. The van der Waals surface area contributed by atoms with E-state index in [9.17, 15) is 13.2 Å². The molecule has 1 aliphatic heterocycles. The van der Waals surface area contributed by atoms with Gasteiger partial charge in [-0.2, -0.15) is 0 Å². The van der Waals surface area contributed by atoms with Crippen LogP contribution in [0.3, 0.4) is 0 Å². The second-order valence-electron chi connectivity index (χ2n) is 6.47. The molecule has 10 heteroatoms. The summed E-state index contributed by atoms with van der Waals surface area (Å²) in [6, 6.07) is 1.49. The van der Waals surface area contributed by atoms with Gasteiger partial charge in [-0.25, -0.2) is 18.4 Å². The largest absolute Gasteiger partial charge is 0.335 e. The number of H-pyrrole nitrogens is 1. The van der Waals surface area contributed by atoms with Gasteiger partial charge in [0, 0.05) is 18.3 Å². The molecule has 142 valence electrons. The zero-order valence-corrected chi connectivity index (χ0v) is 17.0. The first-order valence-corrected chi connectivity index (χ1v) is 11.6. The number of sulfone groups is 1. The van der Waals surface area contributed by atoms with E-state index >= 15 is 0 Å². The van der Waals surface area contributed by atoms with Crippen molar-refractivity contribution < 1.29 is 13.2 Å². The van der Waals surface area contributed by atoms with E-state index < -0.39 is 9.84 Å². The van der Waals surface area contributed by atoms with E-state index in [0.29, 0.717) is 27.8 Å². The van der Waals surface area contributed by atoms with Crippen LogP contribution >= 0.6 is 23.4 Å². The molecule has 1 fully saturated rings. The summed E-state index contributed by atoms with van der Waals surface area (Å²) in [7, 11) is -3.04. The Labute approximate surface area is 161 Å². The van der Waals surface area contributed by atoms with Crippen LogP contribution in [0.2, 0.25) is 5.02 Å². The van der Waals surface area contributed by atoms with E-state index in [2.05, 4.69) is 15.0 Å². The van der Waals surface area contributed by atoms with E-state index in [1.54, 1.807) is 11.0 Å². The Morgan fingerprint density at radius 3 is 2.96 bits per heavy atom. The van der Waals surface area contributed by atoms with Gasteiger partial charge in [-0.1, -0.05) is 30.3 Å².